The molecule has 2 aromatic carbocycles. The molecule has 0 fully saturated rings. The largest absolute Gasteiger partial charge is 0.454 e. The van der Waals surface area contributed by atoms with E-state index in [1.165, 1.54) is 30.3 Å². The average Bonchev–Trinajstić information content (AvgIpc) is 2.48. The molecule has 3 heteroatoms. The van der Waals surface area contributed by atoms with Gasteiger partial charge in [-0.25, -0.2) is 8.78 Å². The molecular weight excluding hydrogens is 258 g/mol. The van der Waals surface area contributed by atoms with Gasteiger partial charge in [-0.15, -0.1) is 0 Å². The standard InChI is InChI=1S/C13H10F2O.2C2H6/c1-9-2-7-13(12(15)8-9)16-11-5-3-10(14)4-6-11;2*1-2/h2-8H,1H3;2*1-2H3. The van der Waals surface area contributed by atoms with E-state index in [4.69, 9.17) is 4.74 Å². The molecule has 0 N–H and O–H groups in total. The van der Waals surface area contributed by atoms with E-state index in [1.54, 1.807) is 19.1 Å². The highest BCUT2D eigenvalue weighted by atomic mass is 19.1. The molecule has 0 aliphatic carbocycles. The highest BCUT2D eigenvalue weighted by Crippen LogP contribution is 2.24. The quantitative estimate of drug-likeness (QED) is 0.644. The van der Waals surface area contributed by atoms with Crippen LogP contribution in [0.15, 0.2) is 42.5 Å². The Morgan fingerprint density at radius 3 is 1.85 bits per heavy atom. The molecule has 0 amide bonds. The fraction of sp³-hybridized carbons (Fsp3) is 0.294. The van der Waals surface area contributed by atoms with Crippen molar-refractivity contribution in [3.8, 4) is 11.5 Å². The predicted molar refractivity (Wildman–Crippen MR) is 80.3 cm³/mol. The Kier molecular flexibility index (Phi) is 9.01. The molecule has 0 aromatic heterocycles. The maximum atomic E-state index is 13.4. The first kappa shape index (κ1) is 18.1. The lowest BCUT2D eigenvalue weighted by Gasteiger charge is -2.06. The topological polar surface area (TPSA) is 9.23 Å². The summed E-state index contributed by atoms with van der Waals surface area (Å²) in [6.45, 7) is 9.80. The zero-order valence-corrected chi connectivity index (χ0v) is 12.7. The predicted octanol–water partition coefficient (Wildman–Crippen LogP) is 6.12. The number of aryl methyl sites for hydroxylation is 1. The van der Waals surface area contributed by atoms with Crippen molar-refractivity contribution in [1.82, 2.24) is 0 Å². The molecule has 0 saturated heterocycles. The first-order chi connectivity index (χ1) is 9.65. The summed E-state index contributed by atoms with van der Waals surface area (Å²) in [7, 11) is 0. The first-order valence-corrected chi connectivity index (χ1v) is 6.85. The van der Waals surface area contributed by atoms with Gasteiger partial charge in [-0.2, -0.15) is 0 Å². The van der Waals surface area contributed by atoms with Crippen molar-refractivity contribution in [3.63, 3.8) is 0 Å². The van der Waals surface area contributed by atoms with E-state index in [0.717, 1.165) is 5.56 Å². The minimum Gasteiger partial charge on any atom is -0.454 e. The molecule has 0 atom stereocenters. The van der Waals surface area contributed by atoms with E-state index in [0.29, 0.717) is 5.75 Å². The summed E-state index contributed by atoms with van der Waals surface area (Å²) in [5.74, 6) is -0.234. The van der Waals surface area contributed by atoms with Gasteiger partial charge in [-0.05, 0) is 48.9 Å². The van der Waals surface area contributed by atoms with Crippen LogP contribution in [0.3, 0.4) is 0 Å². The van der Waals surface area contributed by atoms with Gasteiger partial charge in [0.1, 0.15) is 11.6 Å². The molecule has 0 unspecified atom stereocenters. The van der Waals surface area contributed by atoms with Crippen molar-refractivity contribution in [2.45, 2.75) is 34.6 Å². The van der Waals surface area contributed by atoms with Crippen LogP contribution < -0.4 is 4.74 Å². The monoisotopic (exact) mass is 280 g/mol. The zero-order valence-electron chi connectivity index (χ0n) is 12.7. The highest BCUT2D eigenvalue weighted by Gasteiger charge is 2.04. The number of hydrogen-bond acceptors (Lipinski definition) is 1. The summed E-state index contributed by atoms with van der Waals surface area (Å²) in [6, 6.07) is 10.1. The molecule has 2 rings (SSSR count). The second-order valence-electron chi connectivity index (χ2n) is 3.49. The van der Waals surface area contributed by atoms with Crippen LogP contribution in [0.4, 0.5) is 8.78 Å². The molecule has 110 valence electrons. The minimum absolute atomic E-state index is 0.136. The van der Waals surface area contributed by atoms with Crippen LogP contribution in [0.2, 0.25) is 0 Å². The fourth-order valence-corrected chi connectivity index (χ4v) is 1.32. The zero-order chi connectivity index (χ0) is 15.5. The average molecular weight is 280 g/mol. The van der Waals surface area contributed by atoms with Crippen LogP contribution in [-0.4, -0.2) is 0 Å². The summed E-state index contributed by atoms with van der Waals surface area (Å²) in [5, 5.41) is 0. The number of rotatable bonds is 2. The molecule has 1 nitrogen and oxygen atoms in total. The molecule has 0 heterocycles. The maximum absolute atomic E-state index is 13.4. The third-order valence-electron chi connectivity index (χ3n) is 2.13. The second kappa shape index (κ2) is 9.96. The van der Waals surface area contributed by atoms with Crippen LogP contribution in [0.5, 0.6) is 11.5 Å². The summed E-state index contributed by atoms with van der Waals surface area (Å²) < 4.78 is 31.3. The molecule has 2 aromatic rings. The van der Waals surface area contributed by atoms with Gasteiger partial charge in [0, 0.05) is 0 Å². The van der Waals surface area contributed by atoms with Crippen LogP contribution in [-0.2, 0) is 0 Å². The van der Waals surface area contributed by atoms with E-state index in [9.17, 15) is 8.78 Å². The van der Waals surface area contributed by atoms with Crippen LogP contribution in [0.1, 0.15) is 33.3 Å². The van der Waals surface area contributed by atoms with Gasteiger partial charge in [-0.1, -0.05) is 33.8 Å². The van der Waals surface area contributed by atoms with E-state index in [-0.39, 0.29) is 11.6 Å². The Balaban J connectivity index is 0.000000829. The van der Waals surface area contributed by atoms with Crippen molar-refractivity contribution in [3.05, 3.63) is 59.7 Å². The highest BCUT2D eigenvalue weighted by molar-refractivity contribution is 5.34. The normalized spacial score (nSPS) is 8.75. The Labute approximate surface area is 120 Å². The van der Waals surface area contributed by atoms with Gasteiger partial charge in [0.2, 0.25) is 0 Å². The number of ether oxygens (including phenoxy) is 1. The molecule has 0 radical (unpaired) electrons. The van der Waals surface area contributed by atoms with Crippen LogP contribution in [0, 0.1) is 18.6 Å². The van der Waals surface area contributed by atoms with Crippen LogP contribution in [0.25, 0.3) is 0 Å². The summed E-state index contributed by atoms with van der Waals surface area (Å²) in [6.07, 6.45) is 0. The number of benzene rings is 2. The van der Waals surface area contributed by atoms with Gasteiger partial charge in [-0.3, -0.25) is 0 Å². The fourth-order valence-electron chi connectivity index (χ4n) is 1.32. The number of hydrogen-bond donors (Lipinski definition) is 0. The third kappa shape index (κ3) is 5.83. The molecule has 0 aliphatic heterocycles. The van der Waals surface area contributed by atoms with E-state index < -0.39 is 5.82 Å². The Morgan fingerprint density at radius 2 is 1.35 bits per heavy atom. The second-order valence-corrected chi connectivity index (χ2v) is 3.49. The first-order valence-electron chi connectivity index (χ1n) is 6.85. The minimum atomic E-state index is -0.427. The van der Waals surface area contributed by atoms with Gasteiger partial charge in [0.15, 0.2) is 11.6 Å². The SMILES string of the molecule is CC.CC.Cc1ccc(Oc2ccc(F)cc2)c(F)c1. The summed E-state index contributed by atoms with van der Waals surface area (Å²) in [5.41, 5.74) is 0.823. The molecule has 20 heavy (non-hydrogen) atoms. The number of halogens is 2. The lowest BCUT2D eigenvalue weighted by Crippen LogP contribution is -1.89. The van der Waals surface area contributed by atoms with Gasteiger partial charge < -0.3 is 4.74 Å². The molecule has 0 aliphatic rings. The third-order valence-corrected chi connectivity index (χ3v) is 2.13. The summed E-state index contributed by atoms with van der Waals surface area (Å²) in [4.78, 5) is 0. The van der Waals surface area contributed by atoms with Crippen LogP contribution >= 0.6 is 0 Å². The van der Waals surface area contributed by atoms with Gasteiger partial charge in [0.25, 0.3) is 0 Å². The Bertz CT molecular complexity index is 493. The van der Waals surface area contributed by atoms with Crippen molar-refractivity contribution in [2.75, 3.05) is 0 Å². The molecule has 0 saturated carbocycles. The van der Waals surface area contributed by atoms with Gasteiger partial charge in [0.05, 0.1) is 0 Å². The van der Waals surface area contributed by atoms with E-state index in [1.807, 2.05) is 27.7 Å². The Hall–Kier alpha value is -1.90. The molecular formula is C17H22F2O. The lowest BCUT2D eigenvalue weighted by molar-refractivity contribution is 0.441. The van der Waals surface area contributed by atoms with E-state index >= 15 is 0 Å². The van der Waals surface area contributed by atoms with E-state index in [2.05, 4.69) is 0 Å². The van der Waals surface area contributed by atoms with Crippen molar-refractivity contribution >= 4 is 0 Å². The molecule has 0 spiro atoms. The lowest BCUT2D eigenvalue weighted by atomic mass is 10.2. The van der Waals surface area contributed by atoms with Crippen molar-refractivity contribution in [2.24, 2.45) is 0 Å². The summed E-state index contributed by atoms with van der Waals surface area (Å²) >= 11 is 0. The van der Waals surface area contributed by atoms with Gasteiger partial charge >= 0.3 is 0 Å². The van der Waals surface area contributed by atoms with Crippen molar-refractivity contribution < 1.29 is 13.5 Å². The molecule has 0 bridgehead atoms. The maximum Gasteiger partial charge on any atom is 0.165 e. The Morgan fingerprint density at radius 1 is 0.800 bits per heavy atom. The van der Waals surface area contributed by atoms with Crippen molar-refractivity contribution in [1.29, 1.82) is 0 Å². The smallest absolute Gasteiger partial charge is 0.165 e.